The Bertz CT molecular complexity index is 837. The van der Waals surface area contributed by atoms with Crippen molar-refractivity contribution in [3.8, 4) is 5.69 Å². The van der Waals surface area contributed by atoms with Gasteiger partial charge in [0.1, 0.15) is 0 Å². The van der Waals surface area contributed by atoms with Crippen molar-refractivity contribution >= 4 is 24.0 Å². The van der Waals surface area contributed by atoms with Crippen LogP contribution < -0.4 is 5.32 Å². The first-order valence-corrected chi connectivity index (χ1v) is 8.84. The number of hydrogen-bond donors (Lipinski definition) is 1. The van der Waals surface area contributed by atoms with Gasteiger partial charge >= 0.3 is 0 Å². The first-order valence-electron chi connectivity index (χ1n) is 8.46. The lowest BCUT2D eigenvalue weighted by molar-refractivity contribution is 0.152. The Morgan fingerprint density at radius 1 is 1.12 bits per heavy atom. The molecule has 0 saturated carbocycles. The van der Waals surface area contributed by atoms with E-state index in [0.29, 0.717) is 0 Å². The Hall–Kier alpha value is -1.92. The molecule has 1 aliphatic heterocycles. The van der Waals surface area contributed by atoms with E-state index in [9.17, 15) is 0 Å². The summed E-state index contributed by atoms with van der Waals surface area (Å²) < 4.78 is 1.83. The van der Waals surface area contributed by atoms with E-state index in [1.807, 2.05) is 59.4 Å². The fraction of sp³-hybridized carbons (Fsp3) is 0.263. The minimum absolute atomic E-state index is 0. The van der Waals surface area contributed by atoms with Gasteiger partial charge in [0.05, 0.1) is 17.6 Å². The molecule has 0 amide bonds. The number of rotatable bonds is 4. The van der Waals surface area contributed by atoms with Gasteiger partial charge < -0.3 is 5.32 Å². The second kappa shape index (κ2) is 8.64. The summed E-state index contributed by atoms with van der Waals surface area (Å²) in [5.41, 5.74) is 3.22. The fourth-order valence-corrected chi connectivity index (χ4v) is 3.46. The van der Waals surface area contributed by atoms with Crippen LogP contribution in [0.1, 0.15) is 17.3 Å². The molecule has 1 unspecified atom stereocenters. The predicted molar refractivity (Wildman–Crippen MR) is 106 cm³/mol. The number of benzene rings is 2. The van der Waals surface area contributed by atoms with Crippen molar-refractivity contribution in [2.24, 2.45) is 0 Å². The molecule has 5 nitrogen and oxygen atoms in total. The van der Waals surface area contributed by atoms with Gasteiger partial charge in [0.2, 0.25) is 0 Å². The molecule has 3 aromatic rings. The maximum Gasteiger partial charge on any atom is 0.0972 e. The highest BCUT2D eigenvalue weighted by Gasteiger charge is 2.24. The summed E-state index contributed by atoms with van der Waals surface area (Å²) in [6.45, 7) is 3.62. The number of hydrogen-bond acceptors (Lipinski definition) is 4. The lowest BCUT2D eigenvalue weighted by Gasteiger charge is -2.36. The molecular formula is C19H21Cl2N5. The minimum Gasteiger partial charge on any atom is -0.314 e. The molecule has 1 aliphatic rings. The summed E-state index contributed by atoms with van der Waals surface area (Å²) in [7, 11) is 0. The van der Waals surface area contributed by atoms with Crippen molar-refractivity contribution in [1.82, 2.24) is 25.2 Å². The Morgan fingerprint density at radius 2 is 1.96 bits per heavy atom. The van der Waals surface area contributed by atoms with Gasteiger partial charge in [-0.15, -0.1) is 17.5 Å². The van der Waals surface area contributed by atoms with Crippen LogP contribution in [0, 0.1) is 0 Å². The van der Waals surface area contributed by atoms with Crippen molar-refractivity contribution in [3.63, 3.8) is 0 Å². The molecule has 26 heavy (non-hydrogen) atoms. The van der Waals surface area contributed by atoms with Crippen LogP contribution in [0.5, 0.6) is 0 Å². The van der Waals surface area contributed by atoms with Gasteiger partial charge in [-0.1, -0.05) is 47.1 Å². The lowest BCUT2D eigenvalue weighted by Crippen LogP contribution is -2.45. The number of para-hydroxylation sites is 1. The van der Waals surface area contributed by atoms with Crippen LogP contribution in [-0.2, 0) is 6.54 Å². The van der Waals surface area contributed by atoms with E-state index in [2.05, 4.69) is 26.6 Å². The van der Waals surface area contributed by atoms with Crippen molar-refractivity contribution in [2.75, 3.05) is 19.6 Å². The van der Waals surface area contributed by atoms with E-state index < -0.39 is 0 Å². The molecule has 136 valence electrons. The second-order valence-corrected chi connectivity index (χ2v) is 6.67. The van der Waals surface area contributed by atoms with Gasteiger partial charge in [-0.25, -0.2) is 4.68 Å². The van der Waals surface area contributed by atoms with Crippen molar-refractivity contribution in [1.29, 1.82) is 0 Å². The molecule has 0 aliphatic carbocycles. The maximum atomic E-state index is 6.18. The smallest absolute Gasteiger partial charge is 0.0972 e. The molecule has 1 aromatic heterocycles. The zero-order chi connectivity index (χ0) is 17.1. The van der Waals surface area contributed by atoms with Gasteiger partial charge in [0.15, 0.2) is 0 Å². The first kappa shape index (κ1) is 18.9. The largest absolute Gasteiger partial charge is 0.314 e. The third-order valence-electron chi connectivity index (χ3n) is 4.51. The zero-order valence-corrected chi connectivity index (χ0v) is 15.8. The molecule has 1 atom stereocenters. The van der Waals surface area contributed by atoms with Gasteiger partial charge in [-0.2, -0.15) is 0 Å². The summed E-state index contributed by atoms with van der Waals surface area (Å²) in [5, 5.41) is 12.9. The molecule has 0 radical (unpaired) electrons. The fourth-order valence-electron chi connectivity index (χ4n) is 3.26. The molecule has 2 aromatic carbocycles. The number of aromatic nitrogens is 3. The van der Waals surface area contributed by atoms with Gasteiger partial charge in [-0.05, 0) is 29.8 Å². The predicted octanol–water partition coefficient (Wildman–Crippen LogP) is 3.49. The van der Waals surface area contributed by atoms with E-state index in [4.69, 9.17) is 11.6 Å². The Balaban J connectivity index is 0.00000196. The van der Waals surface area contributed by atoms with Gasteiger partial charge in [-0.3, -0.25) is 4.90 Å². The number of halogens is 2. The molecule has 0 bridgehead atoms. The molecular weight excluding hydrogens is 369 g/mol. The lowest BCUT2D eigenvalue weighted by atomic mass is 10.0. The SMILES string of the molecule is Cl.Clc1cccc(C2CNCCN2Cc2cn(-c3ccccc3)nn2)c1. The summed E-state index contributed by atoms with van der Waals surface area (Å²) in [6.07, 6.45) is 2.01. The molecule has 2 heterocycles. The van der Waals surface area contributed by atoms with Crippen molar-refractivity contribution in [2.45, 2.75) is 12.6 Å². The molecule has 1 fully saturated rings. The van der Waals surface area contributed by atoms with Crippen molar-refractivity contribution in [3.05, 3.63) is 77.1 Å². The molecule has 4 rings (SSSR count). The average Bonchev–Trinajstić information content (AvgIpc) is 3.11. The maximum absolute atomic E-state index is 6.18. The topological polar surface area (TPSA) is 46.0 Å². The highest BCUT2D eigenvalue weighted by molar-refractivity contribution is 6.30. The average molecular weight is 390 g/mol. The standard InChI is InChI=1S/C19H20ClN5.ClH/c20-16-6-4-5-15(11-16)19-12-21-9-10-24(19)13-17-14-25(23-22-17)18-7-2-1-3-8-18;/h1-8,11,14,19,21H,9-10,12-13H2;1H. The normalized spacial score (nSPS) is 17.7. The Kier molecular flexibility index (Phi) is 6.27. The van der Waals surface area contributed by atoms with Crippen LogP contribution in [0.15, 0.2) is 60.8 Å². The summed E-state index contributed by atoms with van der Waals surface area (Å²) in [5.74, 6) is 0. The number of nitrogens with zero attached hydrogens (tertiary/aromatic N) is 4. The van der Waals surface area contributed by atoms with Crippen LogP contribution in [0.2, 0.25) is 5.02 Å². The van der Waals surface area contributed by atoms with E-state index in [1.165, 1.54) is 5.56 Å². The van der Waals surface area contributed by atoms with Crippen LogP contribution in [-0.4, -0.2) is 39.5 Å². The summed E-state index contributed by atoms with van der Waals surface area (Å²) in [6, 6.07) is 18.4. The van der Waals surface area contributed by atoms with E-state index >= 15 is 0 Å². The summed E-state index contributed by atoms with van der Waals surface area (Å²) >= 11 is 6.18. The quantitative estimate of drug-likeness (QED) is 0.741. The highest BCUT2D eigenvalue weighted by Crippen LogP contribution is 2.26. The van der Waals surface area contributed by atoms with Gasteiger partial charge in [0.25, 0.3) is 0 Å². The van der Waals surface area contributed by atoms with E-state index in [1.54, 1.807) is 0 Å². The number of nitrogens with one attached hydrogen (secondary N) is 1. The third kappa shape index (κ3) is 4.24. The van der Waals surface area contributed by atoms with Crippen LogP contribution in [0.25, 0.3) is 5.69 Å². The van der Waals surface area contributed by atoms with E-state index in [-0.39, 0.29) is 18.4 Å². The molecule has 1 N–H and O–H groups in total. The highest BCUT2D eigenvalue weighted by atomic mass is 35.5. The van der Waals surface area contributed by atoms with Crippen LogP contribution in [0.4, 0.5) is 0 Å². The molecule has 7 heteroatoms. The van der Waals surface area contributed by atoms with Crippen LogP contribution >= 0.6 is 24.0 Å². The minimum atomic E-state index is 0. The molecule has 1 saturated heterocycles. The monoisotopic (exact) mass is 389 g/mol. The Labute approximate surface area is 164 Å². The van der Waals surface area contributed by atoms with Gasteiger partial charge in [0, 0.05) is 37.2 Å². The van der Waals surface area contributed by atoms with Crippen LogP contribution in [0.3, 0.4) is 0 Å². The third-order valence-corrected chi connectivity index (χ3v) is 4.75. The second-order valence-electron chi connectivity index (χ2n) is 6.24. The first-order chi connectivity index (χ1) is 12.3. The number of piperazine rings is 1. The van der Waals surface area contributed by atoms with Crippen molar-refractivity contribution < 1.29 is 0 Å². The Morgan fingerprint density at radius 3 is 2.77 bits per heavy atom. The zero-order valence-electron chi connectivity index (χ0n) is 14.3. The molecule has 0 spiro atoms. The summed E-state index contributed by atoms with van der Waals surface area (Å²) in [4.78, 5) is 2.43. The van der Waals surface area contributed by atoms with E-state index in [0.717, 1.165) is 42.6 Å².